The minimum atomic E-state index is -0.237. The third-order valence-electron chi connectivity index (χ3n) is 3.59. The van der Waals surface area contributed by atoms with Crippen LogP contribution in [0.15, 0.2) is 42.3 Å². The first-order valence-electron chi connectivity index (χ1n) is 7.75. The van der Waals surface area contributed by atoms with Gasteiger partial charge >= 0.3 is 0 Å². The lowest BCUT2D eigenvalue weighted by atomic mass is 10.2. The number of aromatic nitrogens is 4. The van der Waals surface area contributed by atoms with Crippen molar-refractivity contribution in [2.75, 3.05) is 12.4 Å². The molecule has 0 aliphatic heterocycles. The highest BCUT2D eigenvalue weighted by molar-refractivity contribution is 7.71. The molecule has 0 bridgehead atoms. The Bertz CT molecular complexity index is 989. The number of hydrogen-bond donors (Lipinski definition) is 2. The molecule has 0 spiro atoms. The summed E-state index contributed by atoms with van der Waals surface area (Å²) in [5.41, 5.74) is 1.31. The van der Waals surface area contributed by atoms with Crippen molar-refractivity contribution in [1.29, 1.82) is 0 Å². The number of carbonyl (C=O) groups is 1. The Balaban J connectivity index is 1.71. The molecule has 3 rings (SSSR count). The third-order valence-corrected chi connectivity index (χ3v) is 4.71. The highest BCUT2D eigenvalue weighted by Crippen LogP contribution is 2.20. The SMILES string of the molecule is C=CCn1c(Cc2csc(NC(=O)c3cccc(OC)c3)n2)n[nH]c1=S. The summed E-state index contributed by atoms with van der Waals surface area (Å²) in [6.07, 6.45) is 2.27. The van der Waals surface area contributed by atoms with Crippen LogP contribution in [-0.2, 0) is 13.0 Å². The lowest BCUT2D eigenvalue weighted by Crippen LogP contribution is -2.12. The van der Waals surface area contributed by atoms with Gasteiger partial charge in [0.25, 0.3) is 5.91 Å². The van der Waals surface area contributed by atoms with Gasteiger partial charge in [0.1, 0.15) is 11.6 Å². The Morgan fingerprint density at radius 3 is 3.15 bits per heavy atom. The predicted octanol–water partition coefficient (Wildman–Crippen LogP) is 3.43. The van der Waals surface area contributed by atoms with Gasteiger partial charge in [0.2, 0.25) is 0 Å². The maximum atomic E-state index is 12.3. The van der Waals surface area contributed by atoms with Crippen molar-refractivity contribution < 1.29 is 9.53 Å². The number of nitrogens with zero attached hydrogens (tertiary/aromatic N) is 3. The van der Waals surface area contributed by atoms with Gasteiger partial charge in [0.15, 0.2) is 9.90 Å². The van der Waals surface area contributed by atoms with Crippen molar-refractivity contribution in [2.24, 2.45) is 0 Å². The van der Waals surface area contributed by atoms with Crippen LogP contribution in [0.4, 0.5) is 5.13 Å². The van der Waals surface area contributed by atoms with Crippen molar-refractivity contribution in [3.05, 3.63) is 64.2 Å². The van der Waals surface area contributed by atoms with E-state index in [0.29, 0.717) is 34.2 Å². The number of benzene rings is 1. The second-order valence-corrected chi connectivity index (χ2v) is 6.60. The molecule has 0 aliphatic carbocycles. The van der Waals surface area contributed by atoms with E-state index in [9.17, 15) is 4.79 Å². The summed E-state index contributed by atoms with van der Waals surface area (Å²) in [4.78, 5) is 16.8. The second kappa shape index (κ2) is 8.07. The number of H-pyrrole nitrogens is 1. The predicted molar refractivity (Wildman–Crippen MR) is 103 cm³/mol. The number of nitrogens with one attached hydrogen (secondary N) is 2. The van der Waals surface area contributed by atoms with Crippen LogP contribution in [0.2, 0.25) is 0 Å². The van der Waals surface area contributed by atoms with Crippen LogP contribution in [0.25, 0.3) is 0 Å². The zero-order valence-corrected chi connectivity index (χ0v) is 15.7. The summed E-state index contributed by atoms with van der Waals surface area (Å²) in [6.45, 7) is 4.30. The first kappa shape index (κ1) is 18.0. The largest absolute Gasteiger partial charge is 0.497 e. The molecule has 9 heteroatoms. The van der Waals surface area contributed by atoms with E-state index in [-0.39, 0.29) is 5.91 Å². The molecule has 0 saturated heterocycles. The summed E-state index contributed by atoms with van der Waals surface area (Å²) in [7, 11) is 1.56. The average molecular weight is 387 g/mol. The molecule has 1 aromatic carbocycles. The Hall–Kier alpha value is -2.78. The van der Waals surface area contributed by atoms with Gasteiger partial charge < -0.3 is 4.74 Å². The second-order valence-electron chi connectivity index (χ2n) is 5.35. The fraction of sp³-hybridized carbons (Fsp3) is 0.176. The standard InChI is InChI=1S/C17H17N5O2S2/c1-3-7-22-14(20-21-17(22)25)9-12-10-26-16(18-12)19-15(23)11-5-4-6-13(8-11)24-2/h3-6,8,10H,1,7,9H2,2H3,(H,21,25)(H,18,19,23). The third kappa shape index (κ3) is 4.06. The molecule has 2 aromatic heterocycles. The van der Waals surface area contributed by atoms with Crippen LogP contribution in [0.1, 0.15) is 21.9 Å². The number of hydrogen-bond acceptors (Lipinski definition) is 6. The number of allylic oxidation sites excluding steroid dienone is 1. The van der Waals surface area contributed by atoms with Gasteiger partial charge in [0.05, 0.1) is 19.2 Å². The zero-order chi connectivity index (χ0) is 18.5. The Morgan fingerprint density at radius 2 is 2.38 bits per heavy atom. The van der Waals surface area contributed by atoms with Gasteiger partial charge in [-0.25, -0.2) is 4.98 Å². The van der Waals surface area contributed by atoms with Gasteiger partial charge in [-0.15, -0.1) is 17.9 Å². The summed E-state index contributed by atoms with van der Waals surface area (Å²) in [5.74, 6) is 1.16. The molecule has 0 radical (unpaired) electrons. The quantitative estimate of drug-likeness (QED) is 0.479. The molecular weight excluding hydrogens is 370 g/mol. The summed E-state index contributed by atoms with van der Waals surface area (Å²) < 4.78 is 7.54. The molecule has 0 fully saturated rings. The molecule has 1 amide bonds. The highest BCUT2D eigenvalue weighted by atomic mass is 32.1. The number of anilines is 1. The van der Waals surface area contributed by atoms with Crippen molar-refractivity contribution >= 4 is 34.6 Å². The van der Waals surface area contributed by atoms with Gasteiger partial charge in [-0.2, -0.15) is 5.10 Å². The van der Waals surface area contributed by atoms with E-state index in [1.807, 2.05) is 9.95 Å². The van der Waals surface area contributed by atoms with Crippen molar-refractivity contribution in [1.82, 2.24) is 19.7 Å². The topological polar surface area (TPSA) is 84.8 Å². The van der Waals surface area contributed by atoms with E-state index in [4.69, 9.17) is 17.0 Å². The van der Waals surface area contributed by atoms with Crippen molar-refractivity contribution in [3.8, 4) is 5.75 Å². The molecule has 0 saturated carbocycles. The minimum absolute atomic E-state index is 0.237. The number of carbonyl (C=O) groups excluding carboxylic acids is 1. The van der Waals surface area contributed by atoms with E-state index in [1.165, 1.54) is 11.3 Å². The van der Waals surface area contributed by atoms with E-state index in [2.05, 4.69) is 27.1 Å². The van der Waals surface area contributed by atoms with Crippen molar-refractivity contribution in [2.45, 2.75) is 13.0 Å². The van der Waals surface area contributed by atoms with Gasteiger partial charge in [-0.3, -0.25) is 19.8 Å². The van der Waals surface area contributed by atoms with Crippen LogP contribution in [0, 0.1) is 4.77 Å². The number of aromatic amines is 1. The van der Waals surface area contributed by atoms with Crippen LogP contribution in [-0.4, -0.2) is 32.8 Å². The molecule has 0 unspecified atom stereocenters. The van der Waals surface area contributed by atoms with Crippen LogP contribution in [0.5, 0.6) is 5.75 Å². The number of ether oxygens (including phenoxy) is 1. The maximum absolute atomic E-state index is 12.3. The lowest BCUT2D eigenvalue weighted by Gasteiger charge is -2.04. The van der Waals surface area contributed by atoms with E-state index in [0.717, 1.165) is 11.5 Å². The Morgan fingerprint density at radius 1 is 1.54 bits per heavy atom. The molecular formula is C17H17N5O2S2. The smallest absolute Gasteiger partial charge is 0.257 e. The first-order chi connectivity index (χ1) is 12.6. The number of amides is 1. The van der Waals surface area contributed by atoms with Crippen LogP contribution in [0.3, 0.4) is 0 Å². The molecule has 0 atom stereocenters. The van der Waals surface area contributed by atoms with E-state index in [1.54, 1.807) is 37.5 Å². The molecule has 134 valence electrons. The molecule has 0 aliphatic rings. The number of rotatable bonds is 7. The van der Waals surface area contributed by atoms with Crippen LogP contribution >= 0.6 is 23.6 Å². The van der Waals surface area contributed by atoms with E-state index < -0.39 is 0 Å². The number of thiazole rings is 1. The van der Waals surface area contributed by atoms with Gasteiger partial charge in [-0.1, -0.05) is 12.1 Å². The zero-order valence-electron chi connectivity index (χ0n) is 14.1. The summed E-state index contributed by atoms with van der Waals surface area (Å²) in [6, 6.07) is 6.95. The average Bonchev–Trinajstić information content (AvgIpc) is 3.23. The fourth-order valence-electron chi connectivity index (χ4n) is 2.34. The minimum Gasteiger partial charge on any atom is -0.497 e. The summed E-state index contributed by atoms with van der Waals surface area (Å²) >= 11 is 6.56. The first-order valence-corrected chi connectivity index (χ1v) is 9.04. The molecule has 3 aromatic rings. The van der Waals surface area contributed by atoms with Crippen molar-refractivity contribution in [3.63, 3.8) is 0 Å². The monoisotopic (exact) mass is 387 g/mol. The maximum Gasteiger partial charge on any atom is 0.257 e. The molecule has 26 heavy (non-hydrogen) atoms. The number of methoxy groups -OCH3 is 1. The molecule has 7 nitrogen and oxygen atoms in total. The Labute approximate surface area is 159 Å². The fourth-order valence-corrected chi connectivity index (χ4v) is 3.27. The molecule has 2 N–H and O–H groups in total. The Kier molecular flexibility index (Phi) is 5.59. The lowest BCUT2D eigenvalue weighted by molar-refractivity contribution is 0.102. The van der Waals surface area contributed by atoms with Crippen LogP contribution < -0.4 is 10.1 Å². The van der Waals surface area contributed by atoms with Gasteiger partial charge in [-0.05, 0) is 30.4 Å². The summed E-state index contributed by atoms with van der Waals surface area (Å²) in [5, 5.41) is 12.2. The molecule has 2 heterocycles. The normalized spacial score (nSPS) is 10.5. The van der Waals surface area contributed by atoms with Gasteiger partial charge in [0, 0.05) is 17.5 Å². The van der Waals surface area contributed by atoms with E-state index >= 15 is 0 Å². The highest BCUT2D eigenvalue weighted by Gasteiger charge is 2.12.